The van der Waals surface area contributed by atoms with Crippen LogP contribution in [0.2, 0.25) is 0 Å². The highest BCUT2D eigenvalue weighted by Gasteiger charge is 1.97. The van der Waals surface area contributed by atoms with Gasteiger partial charge in [-0.1, -0.05) is 0 Å². The molecule has 0 amide bonds. The first-order valence-corrected chi connectivity index (χ1v) is 4.45. The molecule has 0 unspecified atom stereocenters. The fraction of sp³-hybridized carbons (Fsp3) is 0.333. The van der Waals surface area contributed by atoms with E-state index in [1.807, 2.05) is 13.0 Å². The third-order valence-electron chi connectivity index (χ3n) is 1.71. The van der Waals surface area contributed by atoms with Gasteiger partial charge in [0.15, 0.2) is 11.9 Å². The zero-order valence-corrected chi connectivity index (χ0v) is 8.82. The summed E-state index contributed by atoms with van der Waals surface area (Å²) in [5.41, 5.74) is 11.9. The maximum atomic E-state index is 5.55. The minimum absolute atomic E-state index is 0.233. The molecule has 0 atom stereocenters. The number of rotatable bonds is 2. The van der Waals surface area contributed by atoms with E-state index in [1.54, 1.807) is 13.3 Å². The van der Waals surface area contributed by atoms with Crippen LogP contribution in [0.1, 0.15) is 11.3 Å². The normalized spacial score (nSPS) is 12.9. The molecule has 0 aromatic carbocycles. The van der Waals surface area contributed by atoms with Crippen molar-refractivity contribution in [2.45, 2.75) is 13.5 Å². The van der Waals surface area contributed by atoms with E-state index in [1.165, 1.54) is 0 Å². The van der Waals surface area contributed by atoms with Gasteiger partial charge < -0.3 is 15.9 Å². The Hall–Kier alpha value is -1.98. The van der Waals surface area contributed by atoms with Crippen molar-refractivity contribution in [3.8, 4) is 0 Å². The topological polar surface area (TPSA) is 102 Å². The number of aryl methyl sites for hydroxylation is 1. The maximum absolute atomic E-state index is 5.55. The molecular formula is C9H15N5O. The van der Waals surface area contributed by atoms with Crippen molar-refractivity contribution in [3.63, 3.8) is 0 Å². The summed E-state index contributed by atoms with van der Waals surface area (Å²) in [6, 6.07) is 1.90. The van der Waals surface area contributed by atoms with Crippen LogP contribution in [0.4, 0.5) is 0 Å². The van der Waals surface area contributed by atoms with Gasteiger partial charge in [0.25, 0.3) is 0 Å². The predicted molar refractivity (Wildman–Crippen MR) is 59.5 cm³/mol. The van der Waals surface area contributed by atoms with Crippen LogP contribution in [0, 0.1) is 6.92 Å². The van der Waals surface area contributed by atoms with E-state index in [2.05, 4.69) is 15.3 Å². The lowest BCUT2D eigenvalue weighted by atomic mass is 10.3. The standard InChI is InChI=1S/C9H15N5O/c1-6-3-7(5-15-6)4-13-9(11)14-8(10)12-2/h3,5H,4H2,1-2H3,(H5,10,11,12,13,14). The first kappa shape index (κ1) is 11.1. The predicted octanol–water partition coefficient (Wildman–Crippen LogP) is -0.0632. The number of hydrogen-bond acceptors (Lipinski definition) is 3. The molecule has 0 fully saturated rings. The molecule has 1 aromatic rings. The number of nitrogens with one attached hydrogen (secondary N) is 1. The second-order valence-corrected chi connectivity index (χ2v) is 3.00. The molecule has 6 nitrogen and oxygen atoms in total. The summed E-state index contributed by atoms with van der Waals surface area (Å²) in [7, 11) is 1.56. The number of nitrogens with zero attached hydrogens (tertiary/aromatic N) is 2. The SMILES string of the molecule is CN=C(N)NC(N)=NCc1coc(C)c1. The van der Waals surface area contributed by atoms with Gasteiger partial charge in [-0.05, 0) is 13.0 Å². The molecular weight excluding hydrogens is 194 g/mol. The lowest BCUT2D eigenvalue weighted by Crippen LogP contribution is -2.41. The van der Waals surface area contributed by atoms with Gasteiger partial charge in [0.05, 0.1) is 12.8 Å². The largest absolute Gasteiger partial charge is 0.469 e. The summed E-state index contributed by atoms with van der Waals surface area (Å²) in [6.07, 6.45) is 1.64. The second kappa shape index (κ2) is 5.04. The zero-order valence-electron chi connectivity index (χ0n) is 8.82. The molecule has 1 rings (SSSR count). The van der Waals surface area contributed by atoms with Crippen molar-refractivity contribution in [1.82, 2.24) is 5.32 Å². The van der Waals surface area contributed by atoms with Crippen LogP contribution in [0.3, 0.4) is 0 Å². The van der Waals surface area contributed by atoms with Crippen LogP contribution < -0.4 is 16.8 Å². The quantitative estimate of drug-likeness (QED) is 0.469. The van der Waals surface area contributed by atoms with E-state index in [4.69, 9.17) is 15.9 Å². The summed E-state index contributed by atoms with van der Waals surface area (Å²) in [5, 5.41) is 2.63. The Morgan fingerprint density at radius 2 is 2.20 bits per heavy atom. The van der Waals surface area contributed by atoms with E-state index in [-0.39, 0.29) is 11.9 Å². The van der Waals surface area contributed by atoms with Crippen molar-refractivity contribution in [2.24, 2.45) is 21.5 Å². The lowest BCUT2D eigenvalue weighted by Gasteiger charge is -2.02. The van der Waals surface area contributed by atoms with Gasteiger partial charge in [-0.2, -0.15) is 0 Å². The fourth-order valence-electron chi connectivity index (χ4n) is 0.984. The molecule has 0 radical (unpaired) electrons. The molecule has 15 heavy (non-hydrogen) atoms. The molecule has 0 bridgehead atoms. The van der Waals surface area contributed by atoms with Crippen LogP contribution in [0.15, 0.2) is 26.7 Å². The number of guanidine groups is 2. The van der Waals surface area contributed by atoms with E-state index in [0.717, 1.165) is 11.3 Å². The first-order valence-electron chi connectivity index (χ1n) is 4.45. The molecule has 1 aromatic heterocycles. The fourth-order valence-corrected chi connectivity index (χ4v) is 0.984. The Balaban J connectivity index is 2.50. The van der Waals surface area contributed by atoms with Crippen LogP contribution >= 0.6 is 0 Å². The summed E-state index contributed by atoms with van der Waals surface area (Å²) >= 11 is 0. The van der Waals surface area contributed by atoms with Gasteiger partial charge in [-0.15, -0.1) is 0 Å². The summed E-state index contributed by atoms with van der Waals surface area (Å²) in [5.74, 6) is 1.32. The molecule has 0 aliphatic rings. The van der Waals surface area contributed by atoms with E-state index in [9.17, 15) is 0 Å². The van der Waals surface area contributed by atoms with Crippen molar-refractivity contribution < 1.29 is 4.42 Å². The molecule has 0 saturated carbocycles. The highest BCUT2D eigenvalue weighted by molar-refractivity contribution is 5.96. The van der Waals surface area contributed by atoms with Crippen molar-refractivity contribution in [1.29, 1.82) is 0 Å². The van der Waals surface area contributed by atoms with E-state index in [0.29, 0.717) is 6.54 Å². The highest BCUT2D eigenvalue weighted by atomic mass is 16.3. The van der Waals surface area contributed by atoms with Crippen molar-refractivity contribution >= 4 is 11.9 Å². The molecule has 5 N–H and O–H groups in total. The third-order valence-corrected chi connectivity index (χ3v) is 1.71. The smallest absolute Gasteiger partial charge is 0.195 e. The summed E-state index contributed by atoms with van der Waals surface area (Å²) in [4.78, 5) is 7.75. The van der Waals surface area contributed by atoms with Gasteiger partial charge in [0.1, 0.15) is 5.76 Å². The van der Waals surface area contributed by atoms with Gasteiger partial charge in [-0.3, -0.25) is 10.3 Å². The van der Waals surface area contributed by atoms with Crippen LogP contribution in [0.25, 0.3) is 0 Å². The molecule has 0 saturated heterocycles. The molecule has 1 heterocycles. The Bertz CT molecular complexity index is 380. The van der Waals surface area contributed by atoms with Crippen LogP contribution in [-0.2, 0) is 6.54 Å². The third kappa shape index (κ3) is 3.72. The van der Waals surface area contributed by atoms with Crippen molar-refractivity contribution in [3.05, 3.63) is 23.7 Å². The Kier molecular flexibility index (Phi) is 3.73. The van der Waals surface area contributed by atoms with Gasteiger partial charge in [0, 0.05) is 12.6 Å². The molecule has 82 valence electrons. The minimum atomic E-state index is 0.233. The first-order chi connectivity index (χ1) is 7.11. The zero-order chi connectivity index (χ0) is 11.3. The van der Waals surface area contributed by atoms with E-state index < -0.39 is 0 Å². The average molecular weight is 209 g/mol. The van der Waals surface area contributed by atoms with E-state index >= 15 is 0 Å². The minimum Gasteiger partial charge on any atom is -0.469 e. The molecule has 6 heteroatoms. The Morgan fingerprint density at radius 1 is 1.47 bits per heavy atom. The molecule has 0 aliphatic carbocycles. The number of furan rings is 1. The van der Waals surface area contributed by atoms with Gasteiger partial charge in [0.2, 0.25) is 0 Å². The number of aliphatic imine (C=N–C) groups is 2. The van der Waals surface area contributed by atoms with Gasteiger partial charge in [-0.25, -0.2) is 4.99 Å². The van der Waals surface area contributed by atoms with Crippen LogP contribution in [-0.4, -0.2) is 19.0 Å². The van der Waals surface area contributed by atoms with Crippen molar-refractivity contribution in [2.75, 3.05) is 7.05 Å². The van der Waals surface area contributed by atoms with Crippen LogP contribution in [0.5, 0.6) is 0 Å². The van der Waals surface area contributed by atoms with Gasteiger partial charge >= 0.3 is 0 Å². The summed E-state index contributed by atoms with van der Waals surface area (Å²) < 4.78 is 5.12. The highest BCUT2D eigenvalue weighted by Crippen LogP contribution is 2.06. The Labute approximate surface area is 88.1 Å². The Morgan fingerprint density at radius 3 is 2.73 bits per heavy atom. The molecule has 0 spiro atoms. The average Bonchev–Trinajstić information content (AvgIpc) is 2.61. The maximum Gasteiger partial charge on any atom is 0.195 e. The lowest BCUT2D eigenvalue weighted by molar-refractivity contribution is 0.532. The number of hydrogen-bond donors (Lipinski definition) is 3. The monoisotopic (exact) mass is 209 g/mol. The molecule has 0 aliphatic heterocycles. The summed E-state index contributed by atoms with van der Waals surface area (Å²) in [6.45, 7) is 2.32. The number of nitrogens with two attached hydrogens (primary N) is 2. The second-order valence-electron chi connectivity index (χ2n) is 3.00.